The number of esters is 1. The van der Waals surface area contributed by atoms with E-state index in [1.54, 1.807) is 0 Å². The number of H-pyrrole nitrogens is 1. The minimum Gasteiger partial charge on any atom is -0.454 e. The molecule has 3 aromatic rings. The van der Waals surface area contributed by atoms with Gasteiger partial charge in [-0.25, -0.2) is 4.79 Å². The fourth-order valence-corrected chi connectivity index (χ4v) is 3.95. The maximum absolute atomic E-state index is 13.1. The average molecular weight is 393 g/mol. The van der Waals surface area contributed by atoms with Crippen LogP contribution in [-0.4, -0.2) is 35.5 Å². The Morgan fingerprint density at radius 2 is 1.83 bits per heavy atom. The number of rotatable bonds is 8. The number of carbonyl (C=O) groups is 1. The molecule has 0 bridgehead atoms. The Balaban J connectivity index is 1.84. The molecule has 154 valence electrons. The van der Waals surface area contributed by atoms with Crippen molar-refractivity contribution in [3.8, 4) is 0 Å². The number of benzene rings is 2. The highest BCUT2D eigenvalue weighted by Gasteiger charge is 2.21. The summed E-state index contributed by atoms with van der Waals surface area (Å²) in [6.45, 7) is 13.4. The highest BCUT2D eigenvalue weighted by Crippen LogP contribution is 2.28. The summed E-state index contributed by atoms with van der Waals surface area (Å²) in [5.74, 6) is -0.273. The van der Waals surface area contributed by atoms with E-state index in [4.69, 9.17) is 4.74 Å². The van der Waals surface area contributed by atoms with Crippen LogP contribution in [0.15, 0.2) is 42.5 Å². The largest absolute Gasteiger partial charge is 0.454 e. The first-order valence-corrected chi connectivity index (χ1v) is 10.5. The smallest absolute Gasteiger partial charge is 0.341 e. The van der Waals surface area contributed by atoms with E-state index in [0.717, 1.165) is 53.8 Å². The molecule has 1 aromatic heterocycles. The van der Waals surface area contributed by atoms with Gasteiger partial charge in [0.25, 0.3) is 0 Å². The standard InChI is InChI=1S/C25H32N2O2/c1-6-27(7-2)15-14-20-12-13-23-22(16-20)24(18(4)26-23)25(28)29-19(5)21-11-9-8-10-17(21)3/h8-13,16,19,26H,6-7,14-15H2,1-5H3. The Morgan fingerprint density at radius 3 is 2.52 bits per heavy atom. The third-order valence-electron chi connectivity index (χ3n) is 5.78. The van der Waals surface area contributed by atoms with Crippen molar-refractivity contribution in [3.05, 3.63) is 70.4 Å². The zero-order chi connectivity index (χ0) is 21.0. The lowest BCUT2D eigenvalue weighted by molar-refractivity contribution is 0.0338. The zero-order valence-electron chi connectivity index (χ0n) is 18.2. The molecule has 0 saturated heterocycles. The summed E-state index contributed by atoms with van der Waals surface area (Å²) >= 11 is 0. The van der Waals surface area contributed by atoms with Crippen LogP contribution in [0.1, 0.15) is 59.6 Å². The quantitative estimate of drug-likeness (QED) is 0.509. The second kappa shape index (κ2) is 9.27. The summed E-state index contributed by atoms with van der Waals surface area (Å²) in [4.78, 5) is 18.8. The molecule has 0 saturated carbocycles. The van der Waals surface area contributed by atoms with Crippen LogP contribution in [0.2, 0.25) is 0 Å². The Hall–Kier alpha value is -2.59. The number of nitrogens with zero attached hydrogens (tertiary/aromatic N) is 1. The second-order valence-corrected chi connectivity index (χ2v) is 7.69. The van der Waals surface area contributed by atoms with Gasteiger partial charge in [-0.2, -0.15) is 0 Å². The van der Waals surface area contributed by atoms with Crippen molar-refractivity contribution >= 4 is 16.9 Å². The van der Waals surface area contributed by atoms with Crippen LogP contribution in [0.5, 0.6) is 0 Å². The third kappa shape index (κ3) is 4.70. The van der Waals surface area contributed by atoms with Crippen molar-refractivity contribution in [1.82, 2.24) is 9.88 Å². The molecule has 0 amide bonds. The Morgan fingerprint density at radius 1 is 1.10 bits per heavy atom. The highest BCUT2D eigenvalue weighted by molar-refractivity contribution is 6.05. The number of aromatic amines is 1. The number of hydrogen-bond acceptors (Lipinski definition) is 3. The summed E-state index contributed by atoms with van der Waals surface area (Å²) < 4.78 is 5.86. The van der Waals surface area contributed by atoms with Gasteiger partial charge in [0.1, 0.15) is 6.10 Å². The molecule has 0 spiro atoms. The molecule has 1 heterocycles. The van der Waals surface area contributed by atoms with E-state index in [-0.39, 0.29) is 12.1 Å². The molecule has 1 N–H and O–H groups in total. The first kappa shape index (κ1) is 21.1. The van der Waals surface area contributed by atoms with E-state index in [1.165, 1.54) is 5.56 Å². The molecule has 29 heavy (non-hydrogen) atoms. The number of aromatic nitrogens is 1. The van der Waals surface area contributed by atoms with Crippen molar-refractivity contribution in [1.29, 1.82) is 0 Å². The summed E-state index contributed by atoms with van der Waals surface area (Å²) in [5.41, 5.74) is 5.88. The SMILES string of the molecule is CCN(CC)CCc1ccc2[nH]c(C)c(C(=O)OC(C)c3ccccc3C)c2c1. The molecular formula is C25H32N2O2. The predicted octanol–water partition coefficient (Wildman–Crippen LogP) is 5.59. The lowest BCUT2D eigenvalue weighted by Crippen LogP contribution is -2.25. The average Bonchev–Trinajstić information content (AvgIpc) is 3.04. The number of likely N-dealkylation sites (N-methyl/N-ethyl adjacent to an activating group) is 1. The van der Waals surface area contributed by atoms with E-state index in [2.05, 4.69) is 41.9 Å². The molecule has 1 unspecified atom stereocenters. The van der Waals surface area contributed by atoms with Crippen molar-refractivity contribution < 1.29 is 9.53 Å². The van der Waals surface area contributed by atoms with Gasteiger partial charge >= 0.3 is 5.97 Å². The molecule has 1 atom stereocenters. The Kier molecular flexibility index (Phi) is 6.75. The number of ether oxygens (including phenoxy) is 1. The van der Waals surface area contributed by atoms with E-state index >= 15 is 0 Å². The van der Waals surface area contributed by atoms with Crippen molar-refractivity contribution in [2.75, 3.05) is 19.6 Å². The maximum Gasteiger partial charge on any atom is 0.341 e. The van der Waals surface area contributed by atoms with E-state index < -0.39 is 0 Å². The lowest BCUT2D eigenvalue weighted by Gasteiger charge is -2.18. The number of nitrogens with one attached hydrogen (secondary N) is 1. The zero-order valence-corrected chi connectivity index (χ0v) is 18.2. The number of hydrogen-bond donors (Lipinski definition) is 1. The van der Waals surface area contributed by atoms with Gasteiger partial charge in [-0.3, -0.25) is 0 Å². The lowest BCUT2D eigenvalue weighted by atomic mass is 10.0. The van der Waals surface area contributed by atoms with Crippen LogP contribution < -0.4 is 0 Å². The third-order valence-corrected chi connectivity index (χ3v) is 5.78. The van der Waals surface area contributed by atoms with Gasteiger partial charge in [0.15, 0.2) is 0 Å². The molecule has 0 radical (unpaired) electrons. The van der Waals surface area contributed by atoms with Crippen molar-refractivity contribution in [2.24, 2.45) is 0 Å². The van der Waals surface area contributed by atoms with Gasteiger partial charge in [-0.1, -0.05) is 44.2 Å². The van der Waals surface area contributed by atoms with Gasteiger partial charge in [0, 0.05) is 23.1 Å². The van der Waals surface area contributed by atoms with Gasteiger partial charge in [-0.05, 0) is 69.1 Å². The van der Waals surface area contributed by atoms with Gasteiger partial charge in [0.2, 0.25) is 0 Å². The normalized spacial score (nSPS) is 12.5. The van der Waals surface area contributed by atoms with Gasteiger partial charge in [-0.15, -0.1) is 0 Å². The van der Waals surface area contributed by atoms with E-state index in [1.807, 2.05) is 45.0 Å². The van der Waals surface area contributed by atoms with Crippen LogP contribution in [0.4, 0.5) is 0 Å². The predicted molar refractivity (Wildman–Crippen MR) is 120 cm³/mol. The fourth-order valence-electron chi connectivity index (χ4n) is 3.95. The second-order valence-electron chi connectivity index (χ2n) is 7.69. The van der Waals surface area contributed by atoms with Crippen LogP contribution in [-0.2, 0) is 11.2 Å². The number of fused-ring (bicyclic) bond motifs is 1. The molecule has 3 rings (SSSR count). The topological polar surface area (TPSA) is 45.3 Å². The van der Waals surface area contributed by atoms with Crippen LogP contribution in [0, 0.1) is 13.8 Å². The minimum absolute atomic E-state index is 0.273. The minimum atomic E-state index is -0.293. The molecule has 4 heteroatoms. The summed E-state index contributed by atoms with van der Waals surface area (Å²) in [6.07, 6.45) is 0.676. The molecule has 0 aliphatic heterocycles. The molecular weight excluding hydrogens is 360 g/mol. The molecule has 0 aliphatic rings. The van der Waals surface area contributed by atoms with Crippen LogP contribution >= 0.6 is 0 Å². The molecule has 4 nitrogen and oxygen atoms in total. The van der Waals surface area contributed by atoms with Gasteiger partial charge < -0.3 is 14.6 Å². The molecule has 0 aliphatic carbocycles. The first-order chi connectivity index (χ1) is 13.9. The maximum atomic E-state index is 13.1. The fraction of sp³-hybridized carbons (Fsp3) is 0.400. The Labute approximate surface area is 173 Å². The van der Waals surface area contributed by atoms with Crippen LogP contribution in [0.25, 0.3) is 10.9 Å². The Bertz CT molecular complexity index is 986. The molecule has 0 fully saturated rings. The first-order valence-electron chi connectivity index (χ1n) is 10.5. The van der Waals surface area contributed by atoms with Crippen molar-refractivity contribution in [3.63, 3.8) is 0 Å². The van der Waals surface area contributed by atoms with E-state index in [0.29, 0.717) is 5.56 Å². The molecule has 2 aromatic carbocycles. The summed E-state index contributed by atoms with van der Waals surface area (Å²) in [7, 11) is 0. The summed E-state index contributed by atoms with van der Waals surface area (Å²) in [5, 5.41) is 0.946. The summed E-state index contributed by atoms with van der Waals surface area (Å²) in [6, 6.07) is 14.4. The van der Waals surface area contributed by atoms with Gasteiger partial charge in [0.05, 0.1) is 5.56 Å². The number of carbonyl (C=O) groups excluding carboxylic acids is 1. The number of aryl methyl sites for hydroxylation is 2. The highest BCUT2D eigenvalue weighted by atomic mass is 16.5. The van der Waals surface area contributed by atoms with Crippen LogP contribution in [0.3, 0.4) is 0 Å². The monoisotopic (exact) mass is 392 g/mol. The van der Waals surface area contributed by atoms with E-state index in [9.17, 15) is 4.79 Å². The van der Waals surface area contributed by atoms with Crippen molar-refractivity contribution in [2.45, 2.75) is 47.1 Å².